The van der Waals surface area contributed by atoms with Crippen molar-refractivity contribution in [3.8, 4) is 22.8 Å². The van der Waals surface area contributed by atoms with Crippen molar-refractivity contribution in [3.63, 3.8) is 0 Å². The van der Waals surface area contributed by atoms with E-state index in [0.29, 0.717) is 5.56 Å². The number of carbonyl (C=O) groups is 2. The fraction of sp³-hybridized carbons (Fsp3) is 0.259. The normalized spacial score (nSPS) is 11.1. The summed E-state index contributed by atoms with van der Waals surface area (Å²) < 4.78 is 16.7. The Kier molecular flexibility index (Phi) is 7.86. The molecule has 3 aromatic rings. The number of carboxylic acid groups (broad SMARTS) is 1. The molecule has 0 saturated carbocycles. The van der Waals surface area contributed by atoms with Gasteiger partial charge in [0.05, 0.1) is 12.8 Å². The summed E-state index contributed by atoms with van der Waals surface area (Å²) in [6.07, 6.45) is 2.42. The molecular weight excluding hydrogens is 450 g/mol. The Hall–Kier alpha value is -4.20. The van der Waals surface area contributed by atoms with Crippen LogP contribution in [0.4, 0.5) is 4.79 Å². The predicted molar refractivity (Wildman–Crippen MR) is 130 cm³/mol. The second-order valence-corrected chi connectivity index (χ2v) is 8.84. The molecule has 0 aliphatic rings. The first-order valence-electron chi connectivity index (χ1n) is 11.0. The van der Waals surface area contributed by atoms with Crippen LogP contribution in [0.5, 0.6) is 11.5 Å². The zero-order valence-electron chi connectivity index (χ0n) is 20.0. The Morgan fingerprint density at radius 1 is 1.11 bits per heavy atom. The minimum Gasteiger partial charge on any atom is -0.504 e. The predicted octanol–water partition coefficient (Wildman–Crippen LogP) is 5.85. The lowest BCUT2D eigenvalue weighted by Crippen LogP contribution is -2.36. The van der Waals surface area contributed by atoms with E-state index in [1.54, 1.807) is 32.9 Å². The summed E-state index contributed by atoms with van der Waals surface area (Å²) in [4.78, 5) is 26.2. The molecule has 35 heavy (non-hydrogen) atoms. The van der Waals surface area contributed by atoms with Gasteiger partial charge in [-0.05, 0) is 44.5 Å². The van der Waals surface area contributed by atoms with Gasteiger partial charge in [0.1, 0.15) is 23.5 Å². The summed E-state index contributed by atoms with van der Waals surface area (Å²) in [5, 5.41) is 20.6. The molecule has 1 amide bonds. The summed E-state index contributed by atoms with van der Waals surface area (Å²) in [5.41, 5.74) is 0.514. The van der Waals surface area contributed by atoms with E-state index in [0.717, 1.165) is 5.56 Å². The van der Waals surface area contributed by atoms with Gasteiger partial charge in [-0.2, -0.15) is 0 Å². The maximum absolute atomic E-state index is 12.7. The van der Waals surface area contributed by atoms with Crippen molar-refractivity contribution in [2.24, 2.45) is 0 Å². The Morgan fingerprint density at radius 3 is 2.46 bits per heavy atom. The molecule has 0 aliphatic carbocycles. The quantitative estimate of drug-likeness (QED) is 0.370. The lowest BCUT2D eigenvalue weighted by Gasteiger charge is -2.26. The van der Waals surface area contributed by atoms with Crippen LogP contribution in [0.15, 0.2) is 71.9 Å². The zero-order chi connectivity index (χ0) is 25.6. The Labute approximate surface area is 204 Å². The molecule has 0 atom stereocenters. The molecule has 0 spiro atoms. The van der Waals surface area contributed by atoms with Crippen LogP contribution in [0.2, 0.25) is 0 Å². The highest BCUT2D eigenvalue weighted by Gasteiger charge is 2.27. The van der Waals surface area contributed by atoms with E-state index >= 15 is 0 Å². The molecule has 0 radical (unpaired) electrons. The lowest BCUT2D eigenvalue weighted by molar-refractivity contribution is 0.0256. The van der Waals surface area contributed by atoms with Crippen LogP contribution in [0.3, 0.4) is 0 Å². The van der Waals surface area contributed by atoms with Crippen molar-refractivity contribution < 1.29 is 33.7 Å². The minimum atomic E-state index is -1.35. The molecule has 0 unspecified atom stereocenters. The van der Waals surface area contributed by atoms with Crippen LogP contribution in [-0.4, -0.2) is 39.3 Å². The lowest BCUT2D eigenvalue weighted by atomic mass is 10.0. The van der Waals surface area contributed by atoms with E-state index in [-0.39, 0.29) is 42.3 Å². The molecular formula is C27H29NO7. The number of hydrogen-bond donors (Lipinski definition) is 2. The Balaban J connectivity index is 1.92. The van der Waals surface area contributed by atoms with E-state index in [4.69, 9.17) is 13.9 Å². The van der Waals surface area contributed by atoms with Gasteiger partial charge in [0.25, 0.3) is 0 Å². The van der Waals surface area contributed by atoms with E-state index in [1.807, 2.05) is 30.3 Å². The Morgan fingerprint density at radius 2 is 1.83 bits per heavy atom. The fourth-order valence-electron chi connectivity index (χ4n) is 3.42. The SMILES string of the molecule is C=CCN(Cc1ccoc1-c1ccc(OCc2ccccc2)c(O)c1C(=O)O)C(=O)OC(C)(C)C. The van der Waals surface area contributed by atoms with Crippen molar-refractivity contribution in [2.45, 2.75) is 39.5 Å². The number of carbonyl (C=O) groups excluding carboxylic acids is 1. The second-order valence-electron chi connectivity index (χ2n) is 8.84. The fourth-order valence-corrected chi connectivity index (χ4v) is 3.42. The van der Waals surface area contributed by atoms with Crippen molar-refractivity contribution in [3.05, 3.63) is 84.1 Å². The molecule has 8 nitrogen and oxygen atoms in total. The summed E-state index contributed by atoms with van der Waals surface area (Å²) in [6.45, 7) is 9.44. The van der Waals surface area contributed by atoms with Crippen molar-refractivity contribution in [1.82, 2.24) is 4.90 Å². The number of carboxylic acids is 1. The maximum atomic E-state index is 12.7. The van der Waals surface area contributed by atoms with Crippen LogP contribution in [0, 0.1) is 0 Å². The molecule has 1 aromatic heterocycles. The van der Waals surface area contributed by atoms with Crippen molar-refractivity contribution >= 4 is 12.1 Å². The van der Waals surface area contributed by atoms with Crippen LogP contribution in [0.1, 0.15) is 42.3 Å². The van der Waals surface area contributed by atoms with Crippen LogP contribution >= 0.6 is 0 Å². The number of rotatable bonds is 9. The molecule has 0 fully saturated rings. The van der Waals surface area contributed by atoms with Crippen molar-refractivity contribution in [1.29, 1.82) is 0 Å². The average molecular weight is 480 g/mol. The minimum absolute atomic E-state index is 0.0325. The Bertz CT molecular complexity index is 1190. The third kappa shape index (κ3) is 6.44. The van der Waals surface area contributed by atoms with Crippen LogP contribution < -0.4 is 4.74 Å². The molecule has 2 aromatic carbocycles. The molecule has 1 heterocycles. The largest absolute Gasteiger partial charge is 0.504 e. The maximum Gasteiger partial charge on any atom is 0.410 e. The molecule has 184 valence electrons. The topological polar surface area (TPSA) is 109 Å². The highest BCUT2D eigenvalue weighted by Crippen LogP contribution is 2.39. The van der Waals surface area contributed by atoms with E-state index in [1.165, 1.54) is 23.3 Å². The standard InChI is InChI=1S/C27H29NO7/c1-5-14-28(26(32)35-27(2,3)4)16-19-13-15-33-24(19)20-11-12-21(23(29)22(20)25(30)31)34-17-18-9-7-6-8-10-18/h5-13,15,29H,1,14,16-17H2,2-4H3,(H,30,31). The number of aromatic hydroxyl groups is 1. The van der Waals surface area contributed by atoms with Crippen LogP contribution in [-0.2, 0) is 17.9 Å². The zero-order valence-corrected chi connectivity index (χ0v) is 20.0. The monoisotopic (exact) mass is 479 g/mol. The van der Waals surface area contributed by atoms with Crippen molar-refractivity contribution in [2.75, 3.05) is 6.54 Å². The first-order valence-corrected chi connectivity index (χ1v) is 11.0. The number of hydrogen-bond acceptors (Lipinski definition) is 6. The number of benzene rings is 2. The molecule has 0 bridgehead atoms. The van der Waals surface area contributed by atoms with Gasteiger partial charge in [-0.1, -0.05) is 36.4 Å². The van der Waals surface area contributed by atoms with Gasteiger partial charge in [0.15, 0.2) is 11.5 Å². The van der Waals surface area contributed by atoms with Gasteiger partial charge in [-0.3, -0.25) is 0 Å². The van der Waals surface area contributed by atoms with E-state index in [2.05, 4.69) is 6.58 Å². The first kappa shape index (κ1) is 25.4. The molecule has 8 heteroatoms. The number of amides is 1. The van der Waals surface area contributed by atoms with Gasteiger partial charge < -0.3 is 29.0 Å². The van der Waals surface area contributed by atoms with E-state index < -0.39 is 23.4 Å². The summed E-state index contributed by atoms with van der Waals surface area (Å²) in [6, 6.07) is 13.9. The summed E-state index contributed by atoms with van der Waals surface area (Å²) in [7, 11) is 0. The van der Waals surface area contributed by atoms with Gasteiger partial charge in [0, 0.05) is 17.7 Å². The third-order valence-electron chi connectivity index (χ3n) is 4.95. The second kappa shape index (κ2) is 10.8. The number of nitrogens with zero attached hydrogens (tertiary/aromatic N) is 1. The highest BCUT2D eigenvalue weighted by molar-refractivity contribution is 5.99. The molecule has 0 aliphatic heterocycles. The molecule has 3 rings (SSSR count). The third-order valence-corrected chi connectivity index (χ3v) is 4.95. The van der Waals surface area contributed by atoms with Crippen LogP contribution in [0.25, 0.3) is 11.3 Å². The van der Waals surface area contributed by atoms with Gasteiger partial charge >= 0.3 is 12.1 Å². The number of aromatic carboxylic acids is 1. The number of phenols is 1. The van der Waals surface area contributed by atoms with Gasteiger partial charge in [0.2, 0.25) is 0 Å². The molecule has 0 saturated heterocycles. The van der Waals surface area contributed by atoms with Gasteiger partial charge in [-0.15, -0.1) is 6.58 Å². The van der Waals surface area contributed by atoms with E-state index in [9.17, 15) is 19.8 Å². The smallest absolute Gasteiger partial charge is 0.410 e. The summed E-state index contributed by atoms with van der Waals surface area (Å²) in [5.74, 6) is -1.61. The highest BCUT2D eigenvalue weighted by atomic mass is 16.6. The number of ether oxygens (including phenoxy) is 2. The summed E-state index contributed by atoms with van der Waals surface area (Å²) >= 11 is 0. The number of furan rings is 1. The first-order chi connectivity index (χ1) is 16.6. The van der Waals surface area contributed by atoms with Gasteiger partial charge in [-0.25, -0.2) is 9.59 Å². The average Bonchev–Trinajstić information content (AvgIpc) is 3.25. The molecule has 2 N–H and O–H groups in total.